The molecule has 0 amide bonds. The van der Waals surface area contributed by atoms with Crippen LogP contribution in [0.5, 0.6) is 11.5 Å². The van der Waals surface area contributed by atoms with Crippen molar-refractivity contribution < 1.29 is 14.3 Å². The number of halogens is 4. The lowest BCUT2D eigenvalue weighted by Gasteiger charge is -2.13. The van der Waals surface area contributed by atoms with Crippen LogP contribution in [0.15, 0.2) is 22.7 Å². The van der Waals surface area contributed by atoms with Gasteiger partial charge in [0, 0.05) is 6.07 Å². The first kappa shape index (κ1) is 23.6. The molecular weight excluding hydrogens is 396 g/mol. The molecule has 1 aromatic carbocycles. The molecule has 0 heterocycles. The van der Waals surface area contributed by atoms with E-state index in [4.69, 9.17) is 50.2 Å². The minimum Gasteiger partial charge on any atom is -0.492 e. The third-order valence-corrected chi connectivity index (χ3v) is 3.68. The van der Waals surface area contributed by atoms with E-state index < -0.39 is 0 Å². The first-order valence-corrected chi connectivity index (χ1v) is 8.56. The number of hydrogen-bond donors (Lipinski definition) is 1. The zero-order valence-corrected chi connectivity index (χ0v) is 16.6. The van der Waals surface area contributed by atoms with Gasteiger partial charge in [0.05, 0.1) is 18.2 Å². The van der Waals surface area contributed by atoms with Crippen molar-refractivity contribution in [2.45, 2.75) is 32.6 Å². The van der Waals surface area contributed by atoms with Crippen molar-refractivity contribution >= 4 is 47.2 Å². The average molecular weight is 419 g/mol. The van der Waals surface area contributed by atoms with Crippen molar-refractivity contribution in [2.24, 2.45) is 5.90 Å². The SMILES string of the molecule is Cc1cc(OCC=C(Cl)Cl)cc(Cl)c1OCCCCCCON.Cl. The Balaban J connectivity index is 0.00000529. The van der Waals surface area contributed by atoms with Gasteiger partial charge in [-0.05, 0) is 43.9 Å². The molecule has 0 saturated heterocycles. The van der Waals surface area contributed by atoms with E-state index in [-0.39, 0.29) is 23.5 Å². The van der Waals surface area contributed by atoms with E-state index in [1.54, 1.807) is 12.1 Å². The Labute approximate surface area is 164 Å². The van der Waals surface area contributed by atoms with Crippen molar-refractivity contribution in [1.29, 1.82) is 0 Å². The summed E-state index contributed by atoms with van der Waals surface area (Å²) in [5.41, 5.74) is 0.921. The van der Waals surface area contributed by atoms with Gasteiger partial charge in [-0.25, -0.2) is 5.90 Å². The molecule has 138 valence electrons. The summed E-state index contributed by atoms with van der Waals surface area (Å²) in [6.45, 7) is 3.42. The largest absolute Gasteiger partial charge is 0.492 e. The molecule has 0 aliphatic rings. The normalized spacial score (nSPS) is 10.0. The topological polar surface area (TPSA) is 53.7 Å². The lowest BCUT2D eigenvalue weighted by molar-refractivity contribution is 0.133. The van der Waals surface area contributed by atoms with E-state index in [2.05, 4.69) is 4.84 Å². The number of ether oxygens (including phenoxy) is 2. The first-order valence-electron chi connectivity index (χ1n) is 7.43. The lowest BCUT2D eigenvalue weighted by Crippen LogP contribution is -2.02. The van der Waals surface area contributed by atoms with Gasteiger partial charge in [0.2, 0.25) is 0 Å². The molecule has 4 nitrogen and oxygen atoms in total. The molecule has 8 heteroatoms. The van der Waals surface area contributed by atoms with Crippen molar-refractivity contribution in [3.63, 3.8) is 0 Å². The molecule has 0 radical (unpaired) electrons. The molecule has 0 fully saturated rings. The van der Waals surface area contributed by atoms with Gasteiger partial charge in [0.25, 0.3) is 0 Å². The second kappa shape index (κ2) is 13.9. The molecule has 0 atom stereocenters. The summed E-state index contributed by atoms with van der Waals surface area (Å²) < 4.78 is 11.5. The van der Waals surface area contributed by atoms with Crippen LogP contribution >= 0.6 is 47.2 Å². The van der Waals surface area contributed by atoms with Crippen LogP contribution in [-0.4, -0.2) is 19.8 Å². The Hall–Kier alpha value is -0.360. The summed E-state index contributed by atoms with van der Waals surface area (Å²) >= 11 is 17.3. The number of aryl methyl sites for hydroxylation is 1. The van der Waals surface area contributed by atoms with Crippen LogP contribution in [0.1, 0.15) is 31.2 Å². The molecule has 0 saturated carbocycles. The molecule has 0 aromatic heterocycles. The second-order valence-electron chi connectivity index (χ2n) is 4.99. The smallest absolute Gasteiger partial charge is 0.141 e. The van der Waals surface area contributed by atoms with Crippen LogP contribution < -0.4 is 15.4 Å². The predicted molar refractivity (Wildman–Crippen MR) is 103 cm³/mol. The van der Waals surface area contributed by atoms with E-state index in [9.17, 15) is 0 Å². The van der Waals surface area contributed by atoms with Crippen LogP contribution in [0.3, 0.4) is 0 Å². The van der Waals surface area contributed by atoms with Gasteiger partial charge in [-0.1, -0.05) is 41.2 Å². The quantitative estimate of drug-likeness (QED) is 0.375. The standard InChI is InChI=1S/C16H22Cl3NO3.ClH/c1-12-10-13(21-9-6-15(18)19)11-14(17)16(12)22-7-4-2-3-5-8-23-20;/h6,10-11H,2-5,7-9,20H2,1H3;1H. The van der Waals surface area contributed by atoms with Gasteiger partial charge < -0.3 is 14.3 Å². The Morgan fingerprint density at radius 1 is 1.08 bits per heavy atom. The first-order chi connectivity index (χ1) is 11.0. The zero-order valence-electron chi connectivity index (χ0n) is 13.5. The molecule has 0 aliphatic heterocycles. The van der Waals surface area contributed by atoms with Crippen molar-refractivity contribution in [3.8, 4) is 11.5 Å². The average Bonchev–Trinajstić information content (AvgIpc) is 2.48. The highest BCUT2D eigenvalue weighted by molar-refractivity contribution is 6.55. The third kappa shape index (κ3) is 9.82. The summed E-state index contributed by atoms with van der Waals surface area (Å²) in [5, 5.41) is 0.525. The summed E-state index contributed by atoms with van der Waals surface area (Å²) in [6, 6.07) is 3.59. The zero-order chi connectivity index (χ0) is 17.1. The number of nitrogens with two attached hydrogens (primary N) is 1. The van der Waals surface area contributed by atoms with Crippen LogP contribution in [0.2, 0.25) is 5.02 Å². The highest BCUT2D eigenvalue weighted by atomic mass is 35.5. The maximum Gasteiger partial charge on any atom is 0.141 e. The van der Waals surface area contributed by atoms with Crippen LogP contribution in [0.25, 0.3) is 0 Å². The molecule has 0 unspecified atom stereocenters. The number of rotatable bonds is 11. The van der Waals surface area contributed by atoms with Gasteiger partial charge in [-0.3, -0.25) is 0 Å². The second-order valence-corrected chi connectivity index (χ2v) is 6.40. The fourth-order valence-corrected chi connectivity index (χ4v) is 2.42. The minimum atomic E-state index is 0. The number of benzene rings is 1. The van der Waals surface area contributed by atoms with Gasteiger partial charge in [-0.15, -0.1) is 12.4 Å². The van der Waals surface area contributed by atoms with Crippen LogP contribution in [0.4, 0.5) is 0 Å². The van der Waals surface area contributed by atoms with E-state index in [0.29, 0.717) is 29.7 Å². The highest BCUT2D eigenvalue weighted by Gasteiger charge is 2.09. The van der Waals surface area contributed by atoms with Gasteiger partial charge in [-0.2, -0.15) is 0 Å². The van der Waals surface area contributed by atoms with Crippen molar-refractivity contribution in [3.05, 3.63) is 33.3 Å². The Bertz CT molecular complexity index is 485. The Morgan fingerprint density at radius 2 is 1.75 bits per heavy atom. The molecule has 2 N–H and O–H groups in total. The van der Waals surface area contributed by atoms with E-state index in [0.717, 1.165) is 31.2 Å². The monoisotopic (exact) mass is 417 g/mol. The Morgan fingerprint density at radius 3 is 2.33 bits per heavy atom. The Kier molecular flexibility index (Phi) is 13.7. The summed E-state index contributed by atoms with van der Waals surface area (Å²) in [7, 11) is 0. The van der Waals surface area contributed by atoms with Crippen molar-refractivity contribution in [2.75, 3.05) is 19.8 Å². The molecule has 24 heavy (non-hydrogen) atoms. The third-order valence-electron chi connectivity index (χ3n) is 3.09. The van der Waals surface area contributed by atoms with Gasteiger partial charge in [0.1, 0.15) is 22.6 Å². The van der Waals surface area contributed by atoms with Gasteiger partial charge in [0.15, 0.2) is 0 Å². The molecule has 0 bridgehead atoms. The maximum atomic E-state index is 6.25. The molecule has 0 aliphatic carbocycles. The molecule has 1 aromatic rings. The molecule has 0 spiro atoms. The summed E-state index contributed by atoms with van der Waals surface area (Å²) in [4.78, 5) is 4.52. The maximum absolute atomic E-state index is 6.25. The number of hydrogen-bond acceptors (Lipinski definition) is 4. The van der Waals surface area contributed by atoms with Crippen LogP contribution in [-0.2, 0) is 4.84 Å². The van der Waals surface area contributed by atoms with Crippen molar-refractivity contribution in [1.82, 2.24) is 0 Å². The van der Waals surface area contributed by atoms with E-state index >= 15 is 0 Å². The lowest BCUT2D eigenvalue weighted by atomic mass is 10.2. The fourth-order valence-electron chi connectivity index (χ4n) is 1.98. The molecule has 1 rings (SSSR count). The predicted octanol–water partition coefficient (Wildman–Crippen LogP) is 5.60. The van der Waals surface area contributed by atoms with E-state index in [1.165, 1.54) is 0 Å². The van der Waals surface area contributed by atoms with E-state index in [1.807, 2.05) is 13.0 Å². The summed E-state index contributed by atoms with van der Waals surface area (Å²) in [6.07, 6.45) is 5.61. The fraction of sp³-hybridized carbons (Fsp3) is 0.500. The number of unbranched alkanes of at least 4 members (excludes halogenated alkanes) is 3. The molecular formula is C16H23Cl4NO3. The highest BCUT2D eigenvalue weighted by Crippen LogP contribution is 2.33. The van der Waals surface area contributed by atoms with Gasteiger partial charge >= 0.3 is 0 Å². The minimum absolute atomic E-state index is 0. The van der Waals surface area contributed by atoms with Crippen LogP contribution in [0, 0.1) is 6.92 Å². The summed E-state index contributed by atoms with van der Waals surface area (Å²) in [5.74, 6) is 6.31.